The van der Waals surface area contributed by atoms with Crippen molar-refractivity contribution in [2.75, 3.05) is 0 Å². The zero-order valence-corrected chi connectivity index (χ0v) is 51.6. The van der Waals surface area contributed by atoms with E-state index >= 15 is 0 Å². The van der Waals surface area contributed by atoms with Crippen molar-refractivity contribution in [3.8, 4) is 45.6 Å². The molecule has 0 saturated carbocycles. The van der Waals surface area contributed by atoms with Crippen LogP contribution in [0.4, 0.5) is 0 Å². The Labute approximate surface area is 468 Å². The smallest absolute Gasteiger partial charge is 0.347 e. The van der Waals surface area contributed by atoms with Gasteiger partial charge in [-0.1, -0.05) is 145 Å². The van der Waals surface area contributed by atoms with E-state index in [0.29, 0.717) is 70.4 Å². The van der Waals surface area contributed by atoms with Gasteiger partial charge in [0.15, 0.2) is 0 Å². The molecule has 3 aromatic rings. The number of phenols is 3. The minimum absolute atomic E-state index is 0.129. The Bertz CT molecular complexity index is 2500. The van der Waals surface area contributed by atoms with Crippen LogP contribution in [0.25, 0.3) is 11.1 Å². The summed E-state index contributed by atoms with van der Waals surface area (Å²) in [6.07, 6.45) is 25.9. The summed E-state index contributed by atoms with van der Waals surface area (Å²) in [5.41, 5.74) is 6.65. The van der Waals surface area contributed by atoms with Gasteiger partial charge in [-0.15, -0.1) is 0 Å². The van der Waals surface area contributed by atoms with Crippen LogP contribution in [-0.4, -0.2) is 43.2 Å². The molecule has 0 aliphatic carbocycles. The quantitative estimate of drug-likeness (QED) is 0.0567. The number of hydrogen-bond acceptors (Lipinski definition) is 7. The van der Waals surface area contributed by atoms with E-state index in [1.807, 2.05) is 34.6 Å². The molecule has 8 nitrogen and oxygen atoms in total. The van der Waals surface area contributed by atoms with Gasteiger partial charge in [0.2, 0.25) is 5.60 Å². The van der Waals surface area contributed by atoms with Crippen LogP contribution >= 0.6 is 0 Å². The largest absolute Gasteiger partial charge is 0.507 e. The van der Waals surface area contributed by atoms with Crippen LogP contribution < -0.4 is 14.2 Å². The summed E-state index contributed by atoms with van der Waals surface area (Å²) < 4.78 is 21.4. The topological polar surface area (TPSA) is 126 Å². The lowest BCUT2D eigenvalue weighted by Gasteiger charge is -2.41. The summed E-state index contributed by atoms with van der Waals surface area (Å²) >= 11 is 0. The molecule has 3 aliphatic heterocycles. The van der Waals surface area contributed by atoms with E-state index in [9.17, 15) is 25.2 Å². The van der Waals surface area contributed by atoms with Gasteiger partial charge in [-0.05, 0) is 165 Å². The zero-order valence-electron chi connectivity index (χ0n) is 51.6. The Morgan fingerprint density at radius 3 is 1.26 bits per heavy atom. The Morgan fingerprint density at radius 1 is 0.442 bits per heavy atom. The van der Waals surface area contributed by atoms with Crippen molar-refractivity contribution in [1.82, 2.24) is 0 Å². The molecular weight excluding hydrogens is 957 g/mol. The predicted octanol–water partition coefficient (Wildman–Crippen LogP) is 18.8. The summed E-state index contributed by atoms with van der Waals surface area (Å²) in [6.45, 7) is 34.7. The van der Waals surface area contributed by atoms with Gasteiger partial charge in [0.05, 0.1) is 0 Å². The van der Waals surface area contributed by atoms with Crippen LogP contribution in [0.1, 0.15) is 267 Å². The van der Waals surface area contributed by atoms with Crippen LogP contribution in [0.3, 0.4) is 0 Å². The standard InChI is InChI=1S/C69H108O8/c1-42(2)23-17-25-44(5)27-19-29-46(7)31-21-36-67(14)38-33-53-48(9)60(70)50(11)56(63(53)75-67)41-57-55-34-39-68(15,37-22-32-47(8)30-20-28-45(6)26-18-24-43(3)4)76-65(55)59(52(13)62(57)72)58-51(12)61(71)49(10)54-35-40-69(16,66(73)74)77-64(54)58/h42-47,70-72H,17-41H2,1-16H3,(H,73,74)/t44-,45-,46-,47-,67-,68-,69?/m1/s1. The van der Waals surface area contributed by atoms with Gasteiger partial charge < -0.3 is 34.6 Å². The highest BCUT2D eigenvalue weighted by atomic mass is 16.5. The van der Waals surface area contributed by atoms with Crippen molar-refractivity contribution < 1.29 is 39.4 Å². The zero-order chi connectivity index (χ0) is 56.7. The third-order valence-electron chi connectivity index (χ3n) is 19.4. The molecule has 0 spiro atoms. The van der Waals surface area contributed by atoms with Crippen LogP contribution in [-0.2, 0) is 30.5 Å². The Balaban J connectivity index is 1.31. The molecule has 0 radical (unpaired) electrons. The Morgan fingerprint density at radius 2 is 0.805 bits per heavy atom. The first-order valence-corrected chi connectivity index (χ1v) is 31.1. The van der Waals surface area contributed by atoms with Gasteiger partial charge in [0, 0.05) is 62.9 Å². The molecule has 0 aromatic heterocycles. The van der Waals surface area contributed by atoms with E-state index in [1.54, 1.807) is 6.92 Å². The third kappa shape index (κ3) is 15.0. The average molecular weight is 1070 g/mol. The normalized spacial score (nSPS) is 21.6. The number of benzene rings is 3. The van der Waals surface area contributed by atoms with Gasteiger partial charge >= 0.3 is 5.97 Å². The Kier molecular flexibility index (Phi) is 21.4. The number of carbonyl (C=O) groups is 1. The first-order chi connectivity index (χ1) is 36.2. The second kappa shape index (κ2) is 26.5. The Hall–Kier alpha value is -4.07. The summed E-state index contributed by atoms with van der Waals surface area (Å²) in [6, 6.07) is 0. The molecule has 7 atom stereocenters. The lowest BCUT2D eigenvalue weighted by atomic mass is 9.78. The number of carboxylic acid groups (broad SMARTS) is 1. The molecule has 77 heavy (non-hydrogen) atoms. The fourth-order valence-electron chi connectivity index (χ4n) is 13.6. The van der Waals surface area contributed by atoms with E-state index in [2.05, 4.69) is 69.2 Å². The summed E-state index contributed by atoms with van der Waals surface area (Å²) in [5, 5.41) is 47.1. The molecule has 8 heteroatoms. The van der Waals surface area contributed by atoms with Gasteiger partial charge in [0.25, 0.3) is 0 Å². The van der Waals surface area contributed by atoms with Crippen LogP contribution in [0, 0.1) is 70.1 Å². The van der Waals surface area contributed by atoms with E-state index in [4.69, 9.17) is 14.2 Å². The van der Waals surface area contributed by atoms with Crippen molar-refractivity contribution >= 4 is 5.97 Å². The highest BCUT2D eigenvalue weighted by Gasteiger charge is 2.44. The lowest BCUT2D eigenvalue weighted by molar-refractivity contribution is -0.155. The van der Waals surface area contributed by atoms with Crippen LogP contribution in [0.15, 0.2) is 0 Å². The lowest BCUT2D eigenvalue weighted by Crippen LogP contribution is -2.44. The van der Waals surface area contributed by atoms with Gasteiger partial charge in [0.1, 0.15) is 45.7 Å². The number of aliphatic carboxylic acids is 1. The molecule has 432 valence electrons. The van der Waals surface area contributed by atoms with Crippen molar-refractivity contribution in [2.24, 2.45) is 35.5 Å². The highest BCUT2D eigenvalue weighted by molar-refractivity contribution is 5.90. The molecule has 0 saturated heterocycles. The van der Waals surface area contributed by atoms with Gasteiger partial charge in [-0.2, -0.15) is 0 Å². The fourth-order valence-corrected chi connectivity index (χ4v) is 13.6. The minimum atomic E-state index is -1.48. The van der Waals surface area contributed by atoms with Crippen molar-refractivity contribution in [1.29, 1.82) is 0 Å². The fraction of sp³-hybridized carbons (Fsp3) is 0.725. The molecule has 0 fully saturated rings. The number of hydrogen-bond donors (Lipinski definition) is 4. The van der Waals surface area contributed by atoms with Crippen molar-refractivity contribution in [3.05, 3.63) is 55.6 Å². The second-order valence-corrected chi connectivity index (χ2v) is 27.4. The molecule has 1 unspecified atom stereocenters. The molecule has 3 aromatic carbocycles. The van der Waals surface area contributed by atoms with Crippen LogP contribution in [0.2, 0.25) is 0 Å². The molecule has 3 aliphatic rings. The first-order valence-electron chi connectivity index (χ1n) is 31.1. The number of carboxylic acids is 1. The number of phenolic OH excluding ortho intramolecular Hbond substituents is 3. The maximum Gasteiger partial charge on any atom is 0.347 e. The molecule has 0 bridgehead atoms. The molecule has 6 rings (SSSR count). The maximum absolute atomic E-state index is 12.9. The summed E-state index contributed by atoms with van der Waals surface area (Å²) in [7, 11) is 0. The molecule has 4 N–H and O–H groups in total. The van der Waals surface area contributed by atoms with Crippen LogP contribution in [0.5, 0.6) is 34.5 Å². The van der Waals surface area contributed by atoms with Gasteiger partial charge in [-0.25, -0.2) is 4.79 Å². The molecule has 3 heterocycles. The van der Waals surface area contributed by atoms with E-state index in [1.165, 1.54) is 83.5 Å². The average Bonchev–Trinajstić information content (AvgIpc) is 3.43. The van der Waals surface area contributed by atoms with Gasteiger partial charge in [-0.3, -0.25) is 0 Å². The molecule has 0 amide bonds. The van der Waals surface area contributed by atoms with Crippen molar-refractivity contribution in [2.45, 2.75) is 288 Å². The minimum Gasteiger partial charge on any atom is -0.507 e. The van der Waals surface area contributed by atoms with E-state index in [0.717, 1.165) is 120 Å². The number of rotatable bonds is 28. The number of aromatic hydroxyl groups is 3. The summed E-state index contributed by atoms with van der Waals surface area (Å²) in [5.74, 6) is 5.84. The number of ether oxygens (including phenoxy) is 3. The van der Waals surface area contributed by atoms with Crippen molar-refractivity contribution in [3.63, 3.8) is 0 Å². The SMILES string of the molecule is Cc1c(O)c(C)c(Cc2c(O)c(C)c(-c3c(C)c(O)c(C)c4c3OC(C)(C(=O)O)CC4)c3c2CC[C@@](C)(CCC[C@H](C)CCC[C@H](C)CCCC(C)C)O3)c2c1CC[C@@](C)(CCC[C@H](C)CCC[C@H](C)CCCC(C)C)O2. The molecular formula is C69H108O8. The third-order valence-corrected chi connectivity index (χ3v) is 19.4. The maximum atomic E-state index is 12.9. The monoisotopic (exact) mass is 1060 g/mol. The highest BCUT2D eigenvalue weighted by Crippen LogP contribution is 2.57. The first kappa shape index (κ1) is 62.1. The summed E-state index contributed by atoms with van der Waals surface area (Å²) in [4.78, 5) is 12.8. The van der Waals surface area contributed by atoms with E-state index in [-0.39, 0.29) is 29.3 Å². The van der Waals surface area contributed by atoms with E-state index < -0.39 is 17.2 Å². The number of fused-ring (bicyclic) bond motifs is 3. The predicted molar refractivity (Wildman–Crippen MR) is 319 cm³/mol. The second-order valence-electron chi connectivity index (χ2n) is 27.4.